The molecule has 1 N–H and O–H groups in total. The fourth-order valence-electron chi connectivity index (χ4n) is 2.86. The van der Waals surface area contributed by atoms with Crippen LogP contribution in [0.1, 0.15) is 16.2 Å². The highest BCUT2D eigenvalue weighted by atomic mass is 16.2. The predicted molar refractivity (Wildman–Crippen MR) is 106 cm³/mol. The highest BCUT2D eigenvalue weighted by molar-refractivity contribution is 6.01. The molecule has 5 nitrogen and oxygen atoms in total. The van der Waals surface area contributed by atoms with Crippen molar-refractivity contribution in [1.29, 1.82) is 0 Å². The first-order chi connectivity index (χ1) is 13.2. The van der Waals surface area contributed by atoms with Crippen LogP contribution in [0.3, 0.4) is 0 Å². The van der Waals surface area contributed by atoms with Gasteiger partial charge in [0.25, 0.3) is 5.91 Å². The topological polar surface area (TPSA) is 59.8 Å². The minimum atomic E-state index is -0.342. The summed E-state index contributed by atoms with van der Waals surface area (Å²) < 4.78 is 1.73. The average Bonchev–Trinajstić information content (AvgIpc) is 3.15. The van der Waals surface area contributed by atoms with E-state index >= 15 is 0 Å². The monoisotopic (exact) mass is 354 g/mol. The van der Waals surface area contributed by atoms with Gasteiger partial charge in [-0.1, -0.05) is 66.7 Å². The maximum Gasteiger partial charge on any atom is 0.295 e. The number of aromatic nitrogens is 3. The molecule has 1 amide bonds. The summed E-state index contributed by atoms with van der Waals surface area (Å²) in [5.41, 5.74) is 3.54. The summed E-state index contributed by atoms with van der Waals surface area (Å²) in [7, 11) is 0. The molecule has 5 heteroatoms. The molecule has 0 fully saturated rings. The van der Waals surface area contributed by atoms with Gasteiger partial charge in [-0.3, -0.25) is 4.79 Å². The number of nitrogens with one attached hydrogen (secondary N) is 1. The van der Waals surface area contributed by atoms with Crippen LogP contribution in [0.4, 0.5) is 5.69 Å². The third-order valence-electron chi connectivity index (χ3n) is 4.22. The second-order valence-electron chi connectivity index (χ2n) is 6.14. The van der Waals surface area contributed by atoms with Crippen LogP contribution in [0.2, 0.25) is 0 Å². The Labute approximate surface area is 157 Å². The van der Waals surface area contributed by atoms with Crippen molar-refractivity contribution in [1.82, 2.24) is 14.8 Å². The Morgan fingerprint density at radius 1 is 0.852 bits per heavy atom. The van der Waals surface area contributed by atoms with Crippen LogP contribution in [0.5, 0.6) is 0 Å². The first kappa shape index (κ1) is 16.7. The molecule has 132 valence electrons. The molecular weight excluding hydrogens is 336 g/mol. The lowest BCUT2D eigenvalue weighted by atomic mass is 10.2. The van der Waals surface area contributed by atoms with Gasteiger partial charge in [0.2, 0.25) is 5.82 Å². The van der Waals surface area contributed by atoms with Crippen molar-refractivity contribution in [2.24, 2.45) is 0 Å². The summed E-state index contributed by atoms with van der Waals surface area (Å²) >= 11 is 0. The van der Waals surface area contributed by atoms with E-state index in [9.17, 15) is 4.79 Å². The largest absolute Gasteiger partial charge is 0.319 e. The minimum Gasteiger partial charge on any atom is -0.319 e. The number of aryl methyl sites for hydroxylation is 1. The van der Waals surface area contributed by atoms with E-state index in [1.807, 2.05) is 91.9 Å². The highest BCUT2D eigenvalue weighted by Crippen LogP contribution is 2.23. The number of carbonyl (C=O) groups is 1. The van der Waals surface area contributed by atoms with Crippen molar-refractivity contribution in [3.8, 4) is 17.1 Å². The SMILES string of the molecule is Cc1ccccc1-n1nc(C(=O)Nc2ccccc2)nc1-c1ccccc1. The molecule has 4 rings (SSSR count). The van der Waals surface area contributed by atoms with Crippen molar-refractivity contribution < 1.29 is 4.79 Å². The second kappa shape index (κ2) is 7.25. The van der Waals surface area contributed by atoms with Crippen LogP contribution in [-0.2, 0) is 0 Å². The molecule has 0 unspecified atom stereocenters. The second-order valence-corrected chi connectivity index (χ2v) is 6.14. The molecule has 1 heterocycles. The van der Waals surface area contributed by atoms with Crippen molar-refractivity contribution in [3.63, 3.8) is 0 Å². The van der Waals surface area contributed by atoms with Gasteiger partial charge in [0, 0.05) is 11.3 Å². The summed E-state index contributed by atoms with van der Waals surface area (Å²) in [6.07, 6.45) is 0. The number of nitrogens with zero attached hydrogens (tertiary/aromatic N) is 3. The molecule has 4 aromatic rings. The van der Waals surface area contributed by atoms with E-state index < -0.39 is 0 Å². The summed E-state index contributed by atoms with van der Waals surface area (Å²) in [4.78, 5) is 17.2. The van der Waals surface area contributed by atoms with E-state index in [4.69, 9.17) is 0 Å². The summed E-state index contributed by atoms with van der Waals surface area (Å²) in [6, 6.07) is 26.9. The Morgan fingerprint density at radius 3 is 2.19 bits per heavy atom. The van der Waals surface area contributed by atoms with Gasteiger partial charge in [0.15, 0.2) is 5.82 Å². The molecule has 0 spiro atoms. The lowest BCUT2D eigenvalue weighted by Crippen LogP contribution is -2.14. The van der Waals surface area contributed by atoms with Gasteiger partial charge in [-0.05, 0) is 30.7 Å². The molecular formula is C22H18N4O. The van der Waals surface area contributed by atoms with Crippen LogP contribution < -0.4 is 5.32 Å². The van der Waals surface area contributed by atoms with Gasteiger partial charge in [-0.15, -0.1) is 5.10 Å². The van der Waals surface area contributed by atoms with E-state index in [-0.39, 0.29) is 11.7 Å². The van der Waals surface area contributed by atoms with E-state index in [1.165, 1.54) is 0 Å². The van der Waals surface area contributed by atoms with Gasteiger partial charge in [-0.25, -0.2) is 9.67 Å². The molecule has 1 aromatic heterocycles. The standard InChI is InChI=1S/C22H18N4O/c1-16-10-8-9-15-19(16)26-21(17-11-4-2-5-12-17)24-20(25-26)22(27)23-18-13-6-3-7-14-18/h2-15H,1H3,(H,23,27). The normalized spacial score (nSPS) is 10.6. The quantitative estimate of drug-likeness (QED) is 0.587. The molecule has 0 saturated carbocycles. The van der Waals surface area contributed by atoms with Crippen molar-refractivity contribution in [2.75, 3.05) is 5.32 Å². The molecule has 0 saturated heterocycles. The maximum absolute atomic E-state index is 12.7. The lowest BCUT2D eigenvalue weighted by molar-refractivity contribution is 0.101. The molecule has 0 bridgehead atoms. The molecule has 0 aliphatic carbocycles. The fraction of sp³-hybridized carbons (Fsp3) is 0.0455. The molecule has 0 atom stereocenters. The Balaban J connectivity index is 1.78. The third kappa shape index (κ3) is 3.48. The van der Waals surface area contributed by atoms with Crippen LogP contribution in [-0.4, -0.2) is 20.7 Å². The Kier molecular flexibility index (Phi) is 4.49. The van der Waals surface area contributed by atoms with Crippen molar-refractivity contribution in [3.05, 3.63) is 96.3 Å². The minimum absolute atomic E-state index is 0.126. The van der Waals surface area contributed by atoms with E-state index in [0.29, 0.717) is 11.5 Å². The van der Waals surface area contributed by atoms with Crippen molar-refractivity contribution >= 4 is 11.6 Å². The number of hydrogen-bond acceptors (Lipinski definition) is 3. The van der Waals surface area contributed by atoms with Crippen molar-refractivity contribution in [2.45, 2.75) is 6.92 Å². The third-order valence-corrected chi connectivity index (χ3v) is 4.22. The Hall–Kier alpha value is -3.73. The number of carbonyl (C=O) groups excluding carboxylic acids is 1. The number of benzene rings is 3. The van der Waals surface area contributed by atoms with E-state index in [1.54, 1.807) is 4.68 Å². The zero-order valence-electron chi connectivity index (χ0n) is 14.8. The predicted octanol–water partition coefficient (Wildman–Crippen LogP) is 4.50. The molecule has 0 radical (unpaired) electrons. The first-order valence-corrected chi connectivity index (χ1v) is 8.67. The number of rotatable bonds is 4. The Bertz CT molecular complexity index is 1070. The van der Waals surface area contributed by atoms with Crippen LogP contribution in [0.25, 0.3) is 17.1 Å². The molecule has 27 heavy (non-hydrogen) atoms. The van der Waals surface area contributed by atoms with E-state index in [2.05, 4.69) is 15.4 Å². The summed E-state index contributed by atoms with van der Waals surface area (Å²) in [5, 5.41) is 7.35. The van der Waals surface area contributed by atoms with Crippen LogP contribution >= 0.6 is 0 Å². The highest BCUT2D eigenvalue weighted by Gasteiger charge is 2.19. The summed E-state index contributed by atoms with van der Waals surface area (Å²) in [5.74, 6) is 0.412. The summed E-state index contributed by atoms with van der Waals surface area (Å²) in [6.45, 7) is 2.01. The van der Waals surface area contributed by atoms with E-state index in [0.717, 1.165) is 16.8 Å². The van der Waals surface area contributed by atoms with Gasteiger partial charge in [-0.2, -0.15) is 0 Å². The van der Waals surface area contributed by atoms with Gasteiger partial charge in [0.1, 0.15) is 0 Å². The number of hydrogen-bond donors (Lipinski definition) is 1. The lowest BCUT2D eigenvalue weighted by Gasteiger charge is -2.08. The van der Waals surface area contributed by atoms with Gasteiger partial charge >= 0.3 is 0 Å². The van der Waals surface area contributed by atoms with Gasteiger partial charge in [0.05, 0.1) is 5.69 Å². The molecule has 0 aliphatic heterocycles. The number of anilines is 1. The van der Waals surface area contributed by atoms with Crippen LogP contribution in [0.15, 0.2) is 84.9 Å². The average molecular weight is 354 g/mol. The van der Waals surface area contributed by atoms with Gasteiger partial charge < -0.3 is 5.32 Å². The fourth-order valence-corrected chi connectivity index (χ4v) is 2.86. The molecule has 0 aliphatic rings. The number of para-hydroxylation sites is 2. The zero-order valence-corrected chi connectivity index (χ0v) is 14.8. The number of amides is 1. The molecule has 3 aromatic carbocycles. The first-order valence-electron chi connectivity index (χ1n) is 8.67. The Morgan fingerprint density at radius 2 is 1.48 bits per heavy atom. The zero-order chi connectivity index (χ0) is 18.6. The smallest absolute Gasteiger partial charge is 0.295 e. The van der Waals surface area contributed by atoms with Crippen LogP contribution in [0, 0.1) is 6.92 Å². The maximum atomic E-state index is 12.7.